The molecule has 0 amide bonds. The summed E-state index contributed by atoms with van der Waals surface area (Å²) in [4.78, 5) is 0. The van der Waals surface area contributed by atoms with Crippen LogP contribution < -0.4 is 10.5 Å². The minimum atomic E-state index is 0. The van der Waals surface area contributed by atoms with Crippen molar-refractivity contribution in [2.24, 2.45) is 5.73 Å². The summed E-state index contributed by atoms with van der Waals surface area (Å²) < 4.78 is 6.53. The molecule has 0 saturated heterocycles. The average molecular weight is 265 g/mol. The molecule has 0 spiro atoms. The highest BCUT2D eigenvalue weighted by atomic mass is 79.9. The Kier molecular flexibility index (Phi) is 3.59. The summed E-state index contributed by atoms with van der Waals surface area (Å²) in [6, 6.07) is 6.17. The smallest absolute Gasteiger partial charge is 0.122 e. The molecule has 0 unspecified atom stereocenters. The monoisotopic (exact) mass is 263 g/mol. The van der Waals surface area contributed by atoms with Gasteiger partial charge in [-0.3, -0.25) is 0 Å². The molecule has 1 aromatic rings. The van der Waals surface area contributed by atoms with Crippen molar-refractivity contribution >= 4 is 28.3 Å². The molecule has 72 valence electrons. The predicted octanol–water partition coefficient (Wildman–Crippen LogP) is 2.13. The minimum Gasteiger partial charge on any atom is -0.492 e. The molecule has 0 radical (unpaired) electrons. The Hall–Kier alpha value is -0.250. The number of fused-ring (bicyclic) bond motifs is 1. The minimum absolute atomic E-state index is 0. The van der Waals surface area contributed by atoms with E-state index in [1.165, 1.54) is 5.56 Å². The lowest BCUT2D eigenvalue weighted by Crippen LogP contribution is -2.33. The highest BCUT2D eigenvalue weighted by molar-refractivity contribution is 9.10. The summed E-state index contributed by atoms with van der Waals surface area (Å²) in [5.74, 6) is 0.972. The van der Waals surface area contributed by atoms with Gasteiger partial charge < -0.3 is 10.5 Å². The maximum absolute atomic E-state index is 5.76. The second-order valence-electron chi connectivity index (χ2n) is 3.03. The number of ether oxygens (including phenoxy) is 1. The van der Waals surface area contributed by atoms with E-state index in [9.17, 15) is 0 Å². The number of nitrogens with two attached hydrogens (primary N) is 1. The zero-order chi connectivity index (χ0) is 8.55. The van der Waals surface area contributed by atoms with Gasteiger partial charge in [0.05, 0.1) is 0 Å². The van der Waals surface area contributed by atoms with Crippen molar-refractivity contribution in [2.45, 2.75) is 12.5 Å². The topological polar surface area (TPSA) is 35.2 Å². The molecule has 4 heteroatoms. The summed E-state index contributed by atoms with van der Waals surface area (Å²) in [6.45, 7) is 0.634. The first-order valence-electron chi connectivity index (χ1n) is 3.92. The Balaban J connectivity index is 0.000000845. The summed E-state index contributed by atoms with van der Waals surface area (Å²) in [5.41, 5.74) is 6.96. The fourth-order valence-electron chi connectivity index (χ4n) is 1.39. The molecule has 1 aliphatic heterocycles. The molecule has 2 rings (SSSR count). The van der Waals surface area contributed by atoms with Crippen LogP contribution in [0.1, 0.15) is 5.56 Å². The first-order valence-corrected chi connectivity index (χ1v) is 4.72. The number of benzene rings is 1. The maximum atomic E-state index is 5.76. The lowest BCUT2D eigenvalue weighted by Gasteiger charge is -2.22. The van der Waals surface area contributed by atoms with Crippen LogP contribution in [0.2, 0.25) is 0 Å². The lowest BCUT2D eigenvalue weighted by atomic mass is 10.0. The van der Waals surface area contributed by atoms with Crippen LogP contribution in [0.15, 0.2) is 22.7 Å². The molecule has 1 atom stereocenters. The van der Waals surface area contributed by atoms with Crippen molar-refractivity contribution < 1.29 is 4.74 Å². The van der Waals surface area contributed by atoms with Crippen LogP contribution in [0.3, 0.4) is 0 Å². The zero-order valence-corrected chi connectivity index (χ0v) is 9.40. The molecule has 0 fully saturated rings. The van der Waals surface area contributed by atoms with Gasteiger partial charge in [0.1, 0.15) is 12.4 Å². The van der Waals surface area contributed by atoms with Crippen molar-refractivity contribution in [1.82, 2.24) is 0 Å². The predicted molar refractivity (Wildman–Crippen MR) is 58.6 cm³/mol. The molecule has 1 aromatic carbocycles. The molecule has 2 N–H and O–H groups in total. The number of hydrogen-bond donors (Lipinski definition) is 1. The van der Waals surface area contributed by atoms with Crippen molar-refractivity contribution in [2.75, 3.05) is 6.61 Å². The molecule has 0 aliphatic carbocycles. The third kappa shape index (κ3) is 2.36. The zero-order valence-electron chi connectivity index (χ0n) is 7.00. The van der Waals surface area contributed by atoms with E-state index in [4.69, 9.17) is 10.5 Å². The van der Waals surface area contributed by atoms with E-state index in [1.807, 2.05) is 12.1 Å². The van der Waals surface area contributed by atoms with Gasteiger partial charge in [-0.05, 0) is 30.2 Å². The third-order valence-electron chi connectivity index (χ3n) is 1.96. The SMILES string of the molecule is Cl.N[C@H]1COc2ccc(Br)cc2C1. The fraction of sp³-hybridized carbons (Fsp3) is 0.333. The van der Waals surface area contributed by atoms with Gasteiger partial charge in [0, 0.05) is 10.5 Å². The van der Waals surface area contributed by atoms with Gasteiger partial charge in [0.25, 0.3) is 0 Å². The highest BCUT2D eigenvalue weighted by Crippen LogP contribution is 2.27. The Morgan fingerprint density at radius 3 is 3.00 bits per heavy atom. The van der Waals surface area contributed by atoms with Crippen LogP contribution >= 0.6 is 28.3 Å². The Morgan fingerprint density at radius 2 is 2.23 bits per heavy atom. The maximum Gasteiger partial charge on any atom is 0.122 e. The van der Waals surface area contributed by atoms with Crippen LogP contribution in [0.5, 0.6) is 5.75 Å². The molecule has 1 aliphatic rings. The summed E-state index contributed by atoms with van der Waals surface area (Å²) in [7, 11) is 0. The molecular formula is C9H11BrClNO. The quantitative estimate of drug-likeness (QED) is 0.779. The van der Waals surface area contributed by atoms with Gasteiger partial charge in [0.2, 0.25) is 0 Å². The normalized spacial score (nSPS) is 19.7. The van der Waals surface area contributed by atoms with Crippen LogP contribution in [-0.2, 0) is 6.42 Å². The van der Waals surface area contributed by atoms with Gasteiger partial charge in [-0.2, -0.15) is 0 Å². The number of rotatable bonds is 0. The summed E-state index contributed by atoms with van der Waals surface area (Å²) in [5, 5.41) is 0. The second-order valence-corrected chi connectivity index (χ2v) is 3.94. The van der Waals surface area contributed by atoms with E-state index in [-0.39, 0.29) is 18.4 Å². The molecule has 0 bridgehead atoms. The Bertz CT molecular complexity index is 306. The molecule has 13 heavy (non-hydrogen) atoms. The molecular weight excluding hydrogens is 253 g/mol. The summed E-state index contributed by atoms with van der Waals surface area (Å²) in [6.07, 6.45) is 0.911. The van der Waals surface area contributed by atoms with Crippen LogP contribution in [0, 0.1) is 0 Å². The number of hydrogen-bond acceptors (Lipinski definition) is 2. The fourth-order valence-corrected chi connectivity index (χ4v) is 1.80. The lowest BCUT2D eigenvalue weighted by molar-refractivity contribution is 0.263. The van der Waals surface area contributed by atoms with Gasteiger partial charge in [-0.15, -0.1) is 12.4 Å². The van der Waals surface area contributed by atoms with Crippen LogP contribution in [0.4, 0.5) is 0 Å². The van der Waals surface area contributed by atoms with E-state index < -0.39 is 0 Å². The van der Waals surface area contributed by atoms with E-state index >= 15 is 0 Å². The second kappa shape index (κ2) is 4.31. The first-order chi connectivity index (χ1) is 5.75. The summed E-state index contributed by atoms with van der Waals surface area (Å²) >= 11 is 3.41. The van der Waals surface area contributed by atoms with E-state index in [1.54, 1.807) is 0 Å². The van der Waals surface area contributed by atoms with Gasteiger partial charge >= 0.3 is 0 Å². The van der Waals surface area contributed by atoms with Crippen molar-refractivity contribution in [1.29, 1.82) is 0 Å². The van der Waals surface area contributed by atoms with E-state index in [0.29, 0.717) is 6.61 Å². The van der Waals surface area contributed by atoms with Gasteiger partial charge in [-0.25, -0.2) is 0 Å². The van der Waals surface area contributed by atoms with Crippen molar-refractivity contribution in [3.63, 3.8) is 0 Å². The Morgan fingerprint density at radius 1 is 1.46 bits per heavy atom. The molecule has 2 nitrogen and oxygen atoms in total. The van der Waals surface area contributed by atoms with E-state index in [2.05, 4.69) is 22.0 Å². The standard InChI is InChI=1S/C9H10BrNO.ClH/c10-7-1-2-9-6(3-7)4-8(11)5-12-9;/h1-3,8H,4-5,11H2;1H/t8-;/m1./s1. The average Bonchev–Trinajstić information content (AvgIpc) is 2.03. The van der Waals surface area contributed by atoms with Crippen LogP contribution in [0.25, 0.3) is 0 Å². The number of halogens is 2. The molecule has 0 saturated carbocycles. The first kappa shape index (κ1) is 10.8. The van der Waals surface area contributed by atoms with Crippen molar-refractivity contribution in [3.8, 4) is 5.75 Å². The van der Waals surface area contributed by atoms with Crippen LogP contribution in [-0.4, -0.2) is 12.6 Å². The molecule has 0 aromatic heterocycles. The third-order valence-corrected chi connectivity index (χ3v) is 2.45. The Labute approximate surface area is 92.0 Å². The molecule has 1 heterocycles. The van der Waals surface area contributed by atoms with Crippen molar-refractivity contribution in [3.05, 3.63) is 28.2 Å². The highest BCUT2D eigenvalue weighted by Gasteiger charge is 2.15. The van der Waals surface area contributed by atoms with Gasteiger partial charge in [-0.1, -0.05) is 15.9 Å². The largest absolute Gasteiger partial charge is 0.492 e. The van der Waals surface area contributed by atoms with Gasteiger partial charge in [0.15, 0.2) is 0 Å². The van der Waals surface area contributed by atoms with E-state index in [0.717, 1.165) is 16.6 Å².